The largest absolute Gasteiger partial charge is 0.273 e. The van der Waals surface area contributed by atoms with Gasteiger partial charge < -0.3 is 0 Å². The second kappa shape index (κ2) is 8.24. The average molecular weight is 377 g/mol. The zero-order valence-electron chi connectivity index (χ0n) is 12.1. The molecule has 4 nitrogen and oxygen atoms in total. The molecule has 0 aliphatic heterocycles. The van der Waals surface area contributed by atoms with Crippen molar-refractivity contribution in [1.82, 2.24) is 10.9 Å². The molecule has 0 aliphatic carbocycles. The highest BCUT2D eigenvalue weighted by atomic mass is 79.9. The summed E-state index contributed by atoms with van der Waals surface area (Å²) in [5.41, 5.74) is 6.11. The van der Waals surface area contributed by atoms with Crippen LogP contribution in [0.2, 0.25) is 0 Å². The molecule has 0 bridgehead atoms. The number of rotatable bonds is 4. The van der Waals surface area contributed by atoms with Crippen LogP contribution < -0.4 is 10.9 Å². The molecule has 2 N–H and O–H groups in total. The van der Waals surface area contributed by atoms with E-state index in [1.165, 1.54) is 30.3 Å². The van der Waals surface area contributed by atoms with E-state index in [-0.39, 0.29) is 18.1 Å². The minimum atomic E-state index is -0.444. The fourth-order valence-corrected chi connectivity index (χ4v) is 2.01. The summed E-state index contributed by atoms with van der Waals surface area (Å²) in [5, 5.41) is 0. The summed E-state index contributed by atoms with van der Waals surface area (Å²) in [6.07, 6.45) is 3.01. The number of carbonyl (C=O) groups excluding carboxylic acids is 2. The van der Waals surface area contributed by atoms with Crippen LogP contribution in [0.3, 0.4) is 0 Å². The van der Waals surface area contributed by atoms with Crippen molar-refractivity contribution in [2.45, 2.75) is 6.42 Å². The number of amides is 2. The quantitative estimate of drug-likeness (QED) is 0.636. The van der Waals surface area contributed by atoms with Crippen LogP contribution in [-0.2, 0) is 16.0 Å². The summed E-state index contributed by atoms with van der Waals surface area (Å²) >= 11 is 3.33. The SMILES string of the molecule is O=C(/C=C/c1ccc(Br)cc1)NNC(=O)Cc1ccc(F)cc1. The lowest BCUT2D eigenvalue weighted by Gasteiger charge is -2.05. The highest BCUT2D eigenvalue weighted by molar-refractivity contribution is 9.10. The molecule has 0 heterocycles. The van der Waals surface area contributed by atoms with E-state index in [4.69, 9.17) is 0 Å². The van der Waals surface area contributed by atoms with Gasteiger partial charge in [-0.05, 0) is 41.5 Å². The number of nitrogens with one attached hydrogen (secondary N) is 2. The molecule has 0 spiro atoms. The standard InChI is InChI=1S/C17H14BrFN2O2/c18-14-6-1-12(2-7-14)5-10-16(22)20-21-17(23)11-13-3-8-15(19)9-4-13/h1-10H,11H2,(H,20,22)(H,21,23)/b10-5+. The predicted molar refractivity (Wildman–Crippen MR) is 89.6 cm³/mol. The Bertz CT molecular complexity index is 712. The summed E-state index contributed by atoms with van der Waals surface area (Å²) < 4.78 is 13.7. The Balaban J connectivity index is 1.78. The Hall–Kier alpha value is -2.47. The molecule has 6 heteroatoms. The Morgan fingerprint density at radius 2 is 1.65 bits per heavy atom. The van der Waals surface area contributed by atoms with Gasteiger partial charge in [-0.15, -0.1) is 0 Å². The Morgan fingerprint density at radius 3 is 2.30 bits per heavy atom. The van der Waals surface area contributed by atoms with Crippen molar-refractivity contribution in [1.29, 1.82) is 0 Å². The number of benzene rings is 2. The first-order chi connectivity index (χ1) is 11.0. The molecule has 0 unspecified atom stereocenters. The van der Waals surface area contributed by atoms with Crippen molar-refractivity contribution < 1.29 is 14.0 Å². The fourth-order valence-electron chi connectivity index (χ4n) is 1.75. The molecule has 118 valence electrons. The topological polar surface area (TPSA) is 58.2 Å². The third kappa shape index (κ3) is 6.04. The molecule has 2 aromatic carbocycles. The first-order valence-electron chi connectivity index (χ1n) is 6.80. The number of carbonyl (C=O) groups is 2. The molecule has 0 radical (unpaired) electrons. The van der Waals surface area contributed by atoms with Crippen LogP contribution in [0.5, 0.6) is 0 Å². The van der Waals surface area contributed by atoms with Crippen molar-refractivity contribution in [3.8, 4) is 0 Å². The van der Waals surface area contributed by atoms with Crippen molar-refractivity contribution in [3.63, 3.8) is 0 Å². The number of hydrogen-bond donors (Lipinski definition) is 2. The molecule has 0 fully saturated rings. The van der Waals surface area contributed by atoms with Gasteiger partial charge in [-0.1, -0.05) is 40.2 Å². The van der Waals surface area contributed by atoms with Crippen LogP contribution in [-0.4, -0.2) is 11.8 Å². The predicted octanol–water partition coefficient (Wildman–Crippen LogP) is 2.99. The average Bonchev–Trinajstić information content (AvgIpc) is 2.54. The van der Waals surface area contributed by atoms with Crippen molar-refractivity contribution in [3.05, 3.63) is 76.0 Å². The molecule has 0 saturated heterocycles. The summed E-state index contributed by atoms with van der Waals surface area (Å²) in [6, 6.07) is 13.0. The maximum Gasteiger partial charge on any atom is 0.262 e. The van der Waals surface area contributed by atoms with E-state index >= 15 is 0 Å². The summed E-state index contributed by atoms with van der Waals surface area (Å²) in [5.74, 6) is -1.19. The smallest absolute Gasteiger partial charge is 0.262 e. The van der Waals surface area contributed by atoms with E-state index in [1.807, 2.05) is 24.3 Å². The van der Waals surface area contributed by atoms with E-state index in [0.717, 1.165) is 10.0 Å². The second-order valence-corrected chi connectivity index (χ2v) is 5.64. The Morgan fingerprint density at radius 1 is 1.00 bits per heavy atom. The molecule has 2 amide bonds. The van der Waals surface area contributed by atoms with Gasteiger partial charge in [0.2, 0.25) is 5.91 Å². The maximum atomic E-state index is 12.8. The van der Waals surface area contributed by atoms with Gasteiger partial charge in [-0.25, -0.2) is 4.39 Å². The Labute approximate surface area is 141 Å². The van der Waals surface area contributed by atoms with Gasteiger partial charge in [0.15, 0.2) is 0 Å². The van der Waals surface area contributed by atoms with Crippen LogP contribution in [0, 0.1) is 5.82 Å². The molecule has 2 aromatic rings. The minimum absolute atomic E-state index is 0.0526. The van der Waals surface area contributed by atoms with Gasteiger partial charge in [0.1, 0.15) is 5.82 Å². The summed E-state index contributed by atoms with van der Waals surface area (Å²) in [4.78, 5) is 23.3. The monoisotopic (exact) mass is 376 g/mol. The van der Waals surface area contributed by atoms with Crippen LogP contribution in [0.4, 0.5) is 4.39 Å². The molecular formula is C17H14BrFN2O2. The van der Waals surface area contributed by atoms with Crippen LogP contribution in [0.15, 0.2) is 59.1 Å². The van der Waals surface area contributed by atoms with Crippen molar-refractivity contribution in [2.24, 2.45) is 0 Å². The van der Waals surface area contributed by atoms with Crippen molar-refractivity contribution >= 4 is 33.8 Å². The van der Waals surface area contributed by atoms with Gasteiger partial charge in [0, 0.05) is 10.5 Å². The number of halogens is 2. The third-order valence-electron chi connectivity index (χ3n) is 2.90. The molecule has 23 heavy (non-hydrogen) atoms. The van der Waals surface area contributed by atoms with Gasteiger partial charge in [-0.2, -0.15) is 0 Å². The number of hydrazine groups is 1. The molecule has 0 atom stereocenters. The van der Waals surface area contributed by atoms with E-state index in [9.17, 15) is 14.0 Å². The first kappa shape index (κ1) is 16.9. The van der Waals surface area contributed by atoms with Crippen LogP contribution in [0.1, 0.15) is 11.1 Å². The highest BCUT2D eigenvalue weighted by Crippen LogP contribution is 2.11. The lowest BCUT2D eigenvalue weighted by molar-refractivity contribution is -0.126. The summed E-state index contributed by atoms with van der Waals surface area (Å²) in [7, 11) is 0. The highest BCUT2D eigenvalue weighted by Gasteiger charge is 2.04. The maximum absolute atomic E-state index is 12.8. The minimum Gasteiger partial charge on any atom is -0.273 e. The third-order valence-corrected chi connectivity index (χ3v) is 3.43. The molecule has 0 saturated carbocycles. The normalized spacial score (nSPS) is 10.5. The molecule has 0 aliphatic rings. The van der Waals surface area contributed by atoms with Crippen LogP contribution >= 0.6 is 15.9 Å². The number of hydrogen-bond acceptors (Lipinski definition) is 2. The second-order valence-electron chi connectivity index (χ2n) is 4.73. The zero-order chi connectivity index (χ0) is 16.7. The van der Waals surface area contributed by atoms with E-state index in [2.05, 4.69) is 26.8 Å². The van der Waals surface area contributed by atoms with Gasteiger partial charge in [0.25, 0.3) is 5.91 Å². The molecular weight excluding hydrogens is 363 g/mol. The molecule has 2 rings (SSSR count). The summed E-state index contributed by atoms with van der Waals surface area (Å²) in [6.45, 7) is 0. The van der Waals surface area contributed by atoms with Crippen LogP contribution in [0.25, 0.3) is 6.08 Å². The zero-order valence-corrected chi connectivity index (χ0v) is 13.6. The lowest BCUT2D eigenvalue weighted by atomic mass is 10.1. The first-order valence-corrected chi connectivity index (χ1v) is 7.59. The Kier molecular flexibility index (Phi) is 6.05. The van der Waals surface area contributed by atoms with Gasteiger partial charge >= 0.3 is 0 Å². The molecule has 0 aromatic heterocycles. The van der Waals surface area contributed by atoms with E-state index in [1.54, 1.807) is 6.08 Å². The van der Waals surface area contributed by atoms with E-state index in [0.29, 0.717) is 5.56 Å². The van der Waals surface area contributed by atoms with Gasteiger partial charge in [0.05, 0.1) is 6.42 Å². The lowest BCUT2D eigenvalue weighted by Crippen LogP contribution is -2.41. The fraction of sp³-hybridized carbons (Fsp3) is 0.0588. The van der Waals surface area contributed by atoms with E-state index < -0.39 is 5.91 Å². The van der Waals surface area contributed by atoms with Crippen molar-refractivity contribution in [2.75, 3.05) is 0 Å². The van der Waals surface area contributed by atoms with Gasteiger partial charge in [-0.3, -0.25) is 20.4 Å².